The lowest BCUT2D eigenvalue weighted by molar-refractivity contribution is -0.121. The molecule has 0 aliphatic heterocycles. The third kappa shape index (κ3) is 4.91. The maximum absolute atomic E-state index is 12.9. The summed E-state index contributed by atoms with van der Waals surface area (Å²) >= 11 is 1.59. The maximum Gasteiger partial charge on any atom is 0.262 e. The zero-order valence-electron chi connectivity index (χ0n) is 18.4. The fourth-order valence-corrected chi connectivity index (χ4v) is 5.21. The van der Waals surface area contributed by atoms with Crippen molar-refractivity contribution < 1.29 is 9.59 Å². The smallest absolute Gasteiger partial charge is 0.262 e. The van der Waals surface area contributed by atoms with E-state index in [1.54, 1.807) is 11.3 Å². The van der Waals surface area contributed by atoms with Crippen molar-refractivity contribution in [1.29, 1.82) is 0 Å². The van der Waals surface area contributed by atoms with E-state index in [-0.39, 0.29) is 36.9 Å². The second kappa shape index (κ2) is 9.65. The van der Waals surface area contributed by atoms with Crippen LogP contribution in [0.4, 0.5) is 5.69 Å². The van der Waals surface area contributed by atoms with Crippen LogP contribution in [0.25, 0.3) is 10.2 Å². The Morgan fingerprint density at radius 2 is 1.88 bits per heavy atom. The van der Waals surface area contributed by atoms with Crippen molar-refractivity contribution in [2.75, 3.05) is 11.9 Å². The Bertz CT molecular complexity index is 1190. The first-order valence-corrected chi connectivity index (χ1v) is 11.9. The van der Waals surface area contributed by atoms with Gasteiger partial charge in [-0.2, -0.15) is 0 Å². The predicted molar refractivity (Wildman–Crippen MR) is 127 cm³/mol. The summed E-state index contributed by atoms with van der Waals surface area (Å²) in [5, 5.41) is 6.22. The molecular formula is C24H28N4O3S. The van der Waals surface area contributed by atoms with Crippen LogP contribution in [0.5, 0.6) is 0 Å². The quantitative estimate of drug-likeness (QED) is 0.573. The lowest BCUT2D eigenvalue weighted by atomic mass is 9.97. The summed E-state index contributed by atoms with van der Waals surface area (Å²) in [6.45, 7) is 4.33. The van der Waals surface area contributed by atoms with Crippen molar-refractivity contribution >= 4 is 39.1 Å². The average molecular weight is 453 g/mol. The standard InChI is InChI=1S/C24H28N4O3S/c1-15(2)16-7-9-17(10-8-16)27-20(29)11-12-25-21(30)13-28-14-26-23-22(24(28)31)18-5-3-4-6-19(18)32-23/h7-10,14-15H,3-6,11-13H2,1-2H3,(H,25,30)(H,27,29). The molecule has 0 saturated carbocycles. The topological polar surface area (TPSA) is 93.1 Å². The number of nitrogens with one attached hydrogen (secondary N) is 2. The fourth-order valence-electron chi connectivity index (χ4n) is 3.99. The first kappa shape index (κ1) is 22.2. The molecular weight excluding hydrogens is 424 g/mol. The summed E-state index contributed by atoms with van der Waals surface area (Å²) in [5.74, 6) is -0.0530. The highest BCUT2D eigenvalue weighted by Crippen LogP contribution is 2.33. The lowest BCUT2D eigenvalue weighted by Crippen LogP contribution is -2.34. The third-order valence-electron chi connectivity index (χ3n) is 5.79. The summed E-state index contributed by atoms with van der Waals surface area (Å²) < 4.78 is 1.36. The second-order valence-electron chi connectivity index (χ2n) is 8.49. The van der Waals surface area contributed by atoms with E-state index in [0.717, 1.165) is 41.8 Å². The molecule has 168 valence electrons. The number of benzene rings is 1. The highest BCUT2D eigenvalue weighted by Gasteiger charge is 2.20. The molecule has 32 heavy (non-hydrogen) atoms. The Labute approximate surface area is 190 Å². The molecule has 2 N–H and O–H groups in total. The van der Waals surface area contributed by atoms with Gasteiger partial charge in [0.25, 0.3) is 5.56 Å². The molecule has 1 aliphatic rings. The maximum atomic E-state index is 12.9. The van der Waals surface area contributed by atoms with Crippen LogP contribution < -0.4 is 16.2 Å². The number of hydrogen-bond donors (Lipinski definition) is 2. The van der Waals surface area contributed by atoms with Gasteiger partial charge in [-0.3, -0.25) is 19.0 Å². The molecule has 2 amide bonds. The number of rotatable bonds is 7. The predicted octanol–water partition coefficient (Wildman–Crippen LogP) is 3.61. The number of anilines is 1. The zero-order valence-corrected chi connectivity index (χ0v) is 19.3. The van der Waals surface area contributed by atoms with Crippen molar-refractivity contribution in [2.24, 2.45) is 0 Å². The molecule has 4 rings (SSSR count). The molecule has 7 nitrogen and oxygen atoms in total. The zero-order chi connectivity index (χ0) is 22.7. The van der Waals surface area contributed by atoms with Gasteiger partial charge >= 0.3 is 0 Å². The van der Waals surface area contributed by atoms with E-state index < -0.39 is 0 Å². The number of hydrogen-bond acceptors (Lipinski definition) is 5. The Balaban J connectivity index is 1.30. The number of aryl methyl sites for hydroxylation is 2. The first-order valence-electron chi connectivity index (χ1n) is 11.1. The molecule has 2 aromatic heterocycles. The summed E-state index contributed by atoms with van der Waals surface area (Å²) in [5.41, 5.74) is 2.89. The highest BCUT2D eigenvalue weighted by molar-refractivity contribution is 7.18. The number of aromatic nitrogens is 2. The van der Waals surface area contributed by atoms with Crippen molar-refractivity contribution in [1.82, 2.24) is 14.9 Å². The van der Waals surface area contributed by atoms with Crippen LogP contribution in [0.1, 0.15) is 55.0 Å². The van der Waals surface area contributed by atoms with Crippen molar-refractivity contribution in [3.8, 4) is 0 Å². The minimum atomic E-state index is -0.313. The number of amides is 2. The van der Waals surface area contributed by atoms with Crippen LogP contribution in [0.15, 0.2) is 35.4 Å². The fraction of sp³-hybridized carbons (Fsp3) is 0.417. The summed E-state index contributed by atoms with van der Waals surface area (Å²) in [4.78, 5) is 43.9. The Hall–Kier alpha value is -3.00. The Kier molecular flexibility index (Phi) is 6.69. The van der Waals surface area contributed by atoms with Gasteiger partial charge in [0, 0.05) is 23.5 Å². The van der Waals surface area contributed by atoms with Crippen LogP contribution in [0.2, 0.25) is 0 Å². The normalized spacial score (nSPS) is 13.2. The second-order valence-corrected chi connectivity index (χ2v) is 9.58. The van der Waals surface area contributed by atoms with Gasteiger partial charge in [0.05, 0.1) is 11.7 Å². The molecule has 8 heteroatoms. The monoisotopic (exact) mass is 452 g/mol. The van der Waals surface area contributed by atoms with Gasteiger partial charge in [-0.1, -0.05) is 26.0 Å². The minimum absolute atomic E-state index is 0.106. The third-order valence-corrected chi connectivity index (χ3v) is 6.99. The van der Waals surface area contributed by atoms with Gasteiger partial charge in [0.2, 0.25) is 11.8 Å². The number of carbonyl (C=O) groups excluding carboxylic acids is 2. The molecule has 2 heterocycles. The minimum Gasteiger partial charge on any atom is -0.354 e. The van der Waals surface area contributed by atoms with E-state index in [1.807, 2.05) is 24.3 Å². The number of nitrogens with zero attached hydrogens (tertiary/aromatic N) is 2. The number of fused-ring (bicyclic) bond motifs is 3. The molecule has 1 aliphatic carbocycles. The van der Waals surface area contributed by atoms with E-state index in [2.05, 4.69) is 29.5 Å². The van der Waals surface area contributed by atoms with Gasteiger partial charge < -0.3 is 10.6 Å². The van der Waals surface area contributed by atoms with E-state index >= 15 is 0 Å². The van der Waals surface area contributed by atoms with E-state index in [0.29, 0.717) is 11.3 Å². The van der Waals surface area contributed by atoms with Crippen LogP contribution in [0, 0.1) is 0 Å². The first-order chi connectivity index (χ1) is 15.4. The highest BCUT2D eigenvalue weighted by atomic mass is 32.1. The Morgan fingerprint density at radius 3 is 2.62 bits per heavy atom. The summed E-state index contributed by atoms with van der Waals surface area (Å²) in [6.07, 6.45) is 5.73. The van der Waals surface area contributed by atoms with Gasteiger partial charge in [-0.25, -0.2) is 4.98 Å². The van der Waals surface area contributed by atoms with E-state index in [4.69, 9.17) is 0 Å². The van der Waals surface area contributed by atoms with Crippen LogP contribution in [-0.4, -0.2) is 27.9 Å². The molecule has 0 radical (unpaired) electrons. The van der Waals surface area contributed by atoms with Crippen molar-refractivity contribution in [2.45, 2.75) is 58.4 Å². The molecule has 0 bridgehead atoms. The summed E-state index contributed by atoms with van der Waals surface area (Å²) in [6, 6.07) is 7.75. The molecule has 1 aromatic carbocycles. The molecule has 0 spiro atoms. The van der Waals surface area contributed by atoms with Gasteiger partial charge in [0.1, 0.15) is 11.4 Å². The van der Waals surface area contributed by atoms with E-state index in [9.17, 15) is 14.4 Å². The SMILES string of the molecule is CC(C)c1ccc(NC(=O)CCNC(=O)Cn2cnc3sc4c(c3c2=O)CCCC4)cc1. The van der Waals surface area contributed by atoms with Gasteiger partial charge in [-0.15, -0.1) is 11.3 Å². The van der Waals surface area contributed by atoms with Crippen LogP contribution >= 0.6 is 11.3 Å². The van der Waals surface area contributed by atoms with Gasteiger partial charge in [-0.05, 0) is 54.9 Å². The Morgan fingerprint density at radius 1 is 1.12 bits per heavy atom. The molecule has 0 saturated heterocycles. The van der Waals surface area contributed by atoms with Crippen LogP contribution in [-0.2, 0) is 29.0 Å². The summed E-state index contributed by atoms with van der Waals surface area (Å²) in [7, 11) is 0. The average Bonchev–Trinajstić information content (AvgIpc) is 3.15. The molecule has 0 fully saturated rings. The number of thiophene rings is 1. The number of carbonyl (C=O) groups is 2. The van der Waals surface area contributed by atoms with Gasteiger partial charge in [0.15, 0.2) is 0 Å². The van der Waals surface area contributed by atoms with E-state index in [1.165, 1.54) is 21.3 Å². The molecule has 3 aromatic rings. The lowest BCUT2D eigenvalue weighted by Gasteiger charge is -2.11. The van der Waals surface area contributed by atoms with Crippen LogP contribution in [0.3, 0.4) is 0 Å². The van der Waals surface area contributed by atoms with Crippen molar-refractivity contribution in [3.63, 3.8) is 0 Å². The largest absolute Gasteiger partial charge is 0.354 e. The molecule has 0 atom stereocenters. The van der Waals surface area contributed by atoms with Crippen molar-refractivity contribution in [3.05, 3.63) is 57.0 Å². The molecule has 0 unspecified atom stereocenters.